The van der Waals surface area contributed by atoms with Gasteiger partial charge in [-0.2, -0.15) is 0 Å². The third-order valence-electron chi connectivity index (χ3n) is 8.16. The van der Waals surface area contributed by atoms with Gasteiger partial charge in [-0.3, -0.25) is 0 Å². The molecule has 4 aromatic rings. The first-order chi connectivity index (χ1) is 15.2. The molecule has 0 N–H and O–H groups in total. The second-order valence-corrected chi connectivity index (χ2v) is 41.6. The first-order valence-electron chi connectivity index (χ1n) is 11.7. The zero-order chi connectivity index (χ0) is 22.3. The summed E-state index contributed by atoms with van der Waals surface area (Å²) < 4.78 is 6.60. The van der Waals surface area contributed by atoms with E-state index in [1.54, 1.807) is 22.3 Å². The first kappa shape index (κ1) is 20.6. The van der Waals surface area contributed by atoms with Crippen molar-refractivity contribution >= 4 is 40.6 Å². The van der Waals surface area contributed by atoms with Crippen LogP contribution in [0.5, 0.6) is 0 Å². The van der Waals surface area contributed by atoms with E-state index in [9.17, 15) is 0 Å². The molecule has 158 valence electrons. The van der Waals surface area contributed by atoms with Crippen LogP contribution in [-0.2, 0) is 17.4 Å². The molecule has 6 rings (SSSR count). The molecule has 0 spiro atoms. The Morgan fingerprint density at radius 1 is 0.594 bits per heavy atom. The number of hydrogen-bond acceptors (Lipinski definition) is 0. The van der Waals surface area contributed by atoms with Crippen molar-refractivity contribution in [2.45, 2.75) is 30.4 Å². The van der Waals surface area contributed by atoms with E-state index < -0.39 is 17.4 Å². The van der Waals surface area contributed by atoms with Crippen LogP contribution < -0.4 is 0 Å². The van der Waals surface area contributed by atoms with Crippen LogP contribution in [-0.4, -0.2) is 6.88 Å². The maximum absolute atomic E-state index is 3.47. The Kier molecular flexibility index (Phi) is 4.34. The van der Waals surface area contributed by atoms with E-state index in [1.807, 2.05) is 0 Å². The Morgan fingerprint density at radius 2 is 1.00 bits per heavy atom. The Bertz CT molecular complexity index is 1460. The van der Waals surface area contributed by atoms with Crippen LogP contribution in [0.2, 0.25) is 9.26 Å². The van der Waals surface area contributed by atoms with Gasteiger partial charge in [0.2, 0.25) is 0 Å². The molecule has 0 bridgehead atoms. The van der Waals surface area contributed by atoms with Crippen LogP contribution in [0.4, 0.5) is 0 Å². The number of allylic oxidation sites excluding steroid dienone is 2. The zero-order valence-corrected chi connectivity index (χ0v) is 23.3. The van der Waals surface area contributed by atoms with Crippen LogP contribution in [0.3, 0.4) is 0 Å². The van der Waals surface area contributed by atoms with Crippen LogP contribution >= 0.6 is 0 Å². The zero-order valence-electron chi connectivity index (χ0n) is 19.4. The average molecular weight is 510 g/mol. The van der Waals surface area contributed by atoms with Gasteiger partial charge in [0, 0.05) is 0 Å². The molecule has 4 aromatic carbocycles. The number of rotatable bonds is 2. The van der Waals surface area contributed by atoms with E-state index in [-0.39, 0.29) is 0 Å². The van der Waals surface area contributed by atoms with E-state index in [2.05, 4.69) is 115 Å². The van der Waals surface area contributed by atoms with Crippen molar-refractivity contribution in [3.63, 3.8) is 0 Å². The summed E-state index contributed by atoms with van der Waals surface area (Å²) in [6, 6.07) is 27.3. The maximum atomic E-state index is 2.73. The quantitative estimate of drug-likeness (QED) is 0.241. The second kappa shape index (κ2) is 6.75. The Morgan fingerprint density at radius 3 is 1.44 bits per heavy atom. The molecule has 2 unspecified atom stereocenters. The number of benzene rings is 4. The van der Waals surface area contributed by atoms with Crippen molar-refractivity contribution in [2.24, 2.45) is 0 Å². The number of hydrogen-bond donors (Lipinski definition) is 0. The molecule has 32 heavy (non-hydrogen) atoms. The molecule has 0 nitrogen and oxygen atoms in total. The topological polar surface area (TPSA) is 0 Å². The fourth-order valence-corrected chi connectivity index (χ4v) is 28.3. The van der Waals surface area contributed by atoms with E-state index in [4.69, 9.17) is 0 Å². The first-order valence-corrected chi connectivity index (χ1v) is 25.4. The van der Waals surface area contributed by atoms with Gasteiger partial charge in [0.25, 0.3) is 0 Å². The van der Waals surface area contributed by atoms with Crippen molar-refractivity contribution < 1.29 is 17.4 Å². The fourth-order valence-electron chi connectivity index (χ4n) is 7.24. The van der Waals surface area contributed by atoms with Gasteiger partial charge in [-0.15, -0.1) is 0 Å². The van der Waals surface area contributed by atoms with Crippen molar-refractivity contribution in [2.75, 3.05) is 0 Å². The van der Waals surface area contributed by atoms with E-state index >= 15 is 0 Å². The SMILES string of the molecule is CC1=Cc2ccc3ccccc3c2[CH]1[Zr]([CH3])([CH3])(=[SiH2])[CH]1C(C)=Cc2ccc3ccccc3c21. The van der Waals surface area contributed by atoms with Gasteiger partial charge in [0.1, 0.15) is 0 Å². The molecule has 0 saturated carbocycles. The standard InChI is InChI=1S/2C14H11.2CH3.H2Si.Zr/c2*1-10-8-12-7-6-11-4-2-3-5-13(11)14(12)9-10;;;;/h2*2-9H,1H3;2*1H3;1H2;. The second-order valence-electron chi connectivity index (χ2n) is 11.2. The molecular formula is C30H30SiZr. The van der Waals surface area contributed by atoms with Gasteiger partial charge in [0.05, 0.1) is 0 Å². The van der Waals surface area contributed by atoms with E-state index in [1.165, 1.54) is 32.7 Å². The molecule has 2 heteroatoms. The molecule has 0 aliphatic heterocycles. The summed E-state index contributed by atoms with van der Waals surface area (Å²) in [6.07, 6.45) is 4.97. The molecule has 0 heterocycles. The van der Waals surface area contributed by atoms with Crippen molar-refractivity contribution in [3.05, 3.63) is 106 Å². The van der Waals surface area contributed by atoms with Crippen molar-refractivity contribution in [1.29, 1.82) is 0 Å². The minimum absolute atomic E-state index is 0.564. The molecule has 2 aliphatic carbocycles. The predicted molar refractivity (Wildman–Crippen MR) is 141 cm³/mol. The van der Waals surface area contributed by atoms with Crippen LogP contribution in [0.1, 0.15) is 43.4 Å². The van der Waals surface area contributed by atoms with Gasteiger partial charge in [-0.05, 0) is 0 Å². The van der Waals surface area contributed by atoms with Gasteiger partial charge in [-0.25, -0.2) is 0 Å². The molecule has 0 radical (unpaired) electrons. The monoisotopic (exact) mass is 508 g/mol. The number of fused-ring (bicyclic) bond motifs is 6. The molecule has 0 saturated heterocycles. The Labute approximate surface area is 193 Å². The molecule has 2 atom stereocenters. The summed E-state index contributed by atoms with van der Waals surface area (Å²) in [6.45, 7) is 7.22. The predicted octanol–water partition coefficient (Wildman–Crippen LogP) is 7.94. The average Bonchev–Trinajstić information content (AvgIpc) is 3.30. The summed E-state index contributed by atoms with van der Waals surface area (Å²) in [5.41, 5.74) is 9.24. The molecule has 0 amide bonds. The normalized spacial score (nSPS) is 20.3. The summed E-state index contributed by atoms with van der Waals surface area (Å²) in [7, 11) is 0. The third kappa shape index (κ3) is 2.76. The Balaban J connectivity index is 1.65. The van der Waals surface area contributed by atoms with Crippen LogP contribution in [0.25, 0.3) is 33.7 Å². The summed E-state index contributed by atoms with van der Waals surface area (Å²) in [5, 5.41) is 5.66. The van der Waals surface area contributed by atoms with Crippen LogP contribution in [0.15, 0.2) is 83.9 Å². The molecule has 2 aliphatic rings. The molecule has 0 aromatic heterocycles. The Hall–Kier alpha value is -2.02. The third-order valence-corrected chi connectivity index (χ3v) is 26.0. The minimum atomic E-state index is -3.47. The fraction of sp³-hybridized carbons (Fsp3) is 0.200. The summed E-state index contributed by atoms with van der Waals surface area (Å²) >= 11 is -3.47. The molecule has 0 fully saturated rings. The summed E-state index contributed by atoms with van der Waals surface area (Å²) in [5.74, 6) is 0. The van der Waals surface area contributed by atoms with Gasteiger partial charge in [0.15, 0.2) is 0 Å². The van der Waals surface area contributed by atoms with E-state index in [0.717, 1.165) is 0 Å². The summed E-state index contributed by atoms with van der Waals surface area (Å²) in [4.78, 5) is 0. The van der Waals surface area contributed by atoms with Crippen LogP contribution in [0, 0.1) is 0 Å². The van der Waals surface area contributed by atoms with Gasteiger partial charge < -0.3 is 0 Å². The van der Waals surface area contributed by atoms with Crippen molar-refractivity contribution in [3.8, 4) is 0 Å². The van der Waals surface area contributed by atoms with Gasteiger partial charge in [-0.1, -0.05) is 0 Å². The van der Waals surface area contributed by atoms with E-state index in [0.29, 0.717) is 7.25 Å². The molecular weight excluding hydrogens is 480 g/mol. The van der Waals surface area contributed by atoms with Gasteiger partial charge >= 0.3 is 195 Å². The van der Waals surface area contributed by atoms with Crippen molar-refractivity contribution in [1.82, 2.24) is 0 Å².